The van der Waals surface area contributed by atoms with Crippen molar-refractivity contribution < 1.29 is 9.84 Å². The molecular formula is C17H27NO2S. The van der Waals surface area contributed by atoms with Gasteiger partial charge in [-0.1, -0.05) is 6.07 Å². The first-order chi connectivity index (χ1) is 10.2. The van der Waals surface area contributed by atoms with Crippen molar-refractivity contribution in [3.05, 3.63) is 23.8 Å². The number of hydrogen-bond donors (Lipinski definition) is 1. The highest BCUT2D eigenvalue weighted by molar-refractivity contribution is 7.98. The summed E-state index contributed by atoms with van der Waals surface area (Å²) < 4.78 is 5.47. The Balaban J connectivity index is 1.95. The standard InChI is InChI=1S/C17H27NO2S/c1-18(15-7-4-13(12-19)5-8-15)11-14-6-9-17(21-3)16(10-14)20-2/h6,9-10,13,15,19H,4-5,7-8,11-12H2,1-3H3. The van der Waals surface area contributed by atoms with Gasteiger partial charge in [-0.25, -0.2) is 0 Å². The summed E-state index contributed by atoms with van der Waals surface area (Å²) in [4.78, 5) is 3.63. The second-order valence-corrected chi connectivity index (χ2v) is 6.81. The molecule has 0 bridgehead atoms. The van der Waals surface area contributed by atoms with Crippen molar-refractivity contribution in [1.82, 2.24) is 4.90 Å². The average Bonchev–Trinajstić information content (AvgIpc) is 2.54. The second kappa shape index (κ2) is 8.06. The van der Waals surface area contributed by atoms with E-state index < -0.39 is 0 Å². The fourth-order valence-corrected chi connectivity index (χ4v) is 3.71. The zero-order valence-electron chi connectivity index (χ0n) is 13.3. The second-order valence-electron chi connectivity index (χ2n) is 5.96. The van der Waals surface area contributed by atoms with Gasteiger partial charge >= 0.3 is 0 Å². The smallest absolute Gasteiger partial charge is 0.132 e. The molecular weight excluding hydrogens is 282 g/mol. The van der Waals surface area contributed by atoms with Crippen molar-refractivity contribution >= 4 is 11.8 Å². The monoisotopic (exact) mass is 309 g/mol. The van der Waals surface area contributed by atoms with Crippen LogP contribution < -0.4 is 4.74 Å². The van der Waals surface area contributed by atoms with Gasteiger partial charge < -0.3 is 9.84 Å². The van der Waals surface area contributed by atoms with E-state index in [4.69, 9.17) is 4.74 Å². The number of methoxy groups -OCH3 is 1. The predicted octanol–water partition coefficient (Wildman–Crippen LogP) is 3.40. The molecule has 1 aliphatic rings. The molecule has 0 atom stereocenters. The summed E-state index contributed by atoms with van der Waals surface area (Å²) in [5.41, 5.74) is 1.30. The molecule has 118 valence electrons. The van der Waals surface area contributed by atoms with Crippen LogP contribution in [0.1, 0.15) is 31.2 Å². The maximum absolute atomic E-state index is 9.23. The minimum Gasteiger partial charge on any atom is -0.496 e. The van der Waals surface area contributed by atoms with E-state index >= 15 is 0 Å². The number of aliphatic hydroxyl groups excluding tert-OH is 1. The van der Waals surface area contributed by atoms with Gasteiger partial charge in [0.1, 0.15) is 5.75 Å². The predicted molar refractivity (Wildman–Crippen MR) is 89.1 cm³/mol. The largest absolute Gasteiger partial charge is 0.496 e. The van der Waals surface area contributed by atoms with Crippen LogP contribution in [0.3, 0.4) is 0 Å². The molecule has 1 fully saturated rings. The lowest BCUT2D eigenvalue weighted by Gasteiger charge is -2.34. The first kappa shape index (κ1) is 16.7. The van der Waals surface area contributed by atoms with Crippen LogP contribution in [0, 0.1) is 5.92 Å². The van der Waals surface area contributed by atoms with Gasteiger partial charge in [-0.15, -0.1) is 11.8 Å². The molecule has 1 aliphatic carbocycles. The lowest BCUT2D eigenvalue weighted by Crippen LogP contribution is -2.35. The maximum Gasteiger partial charge on any atom is 0.132 e. The molecule has 4 heteroatoms. The third-order valence-corrected chi connectivity index (χ3v) is 5.35. The van der Waals surface area contributed by atoms with Gasteiger partial charge in [-0.3, -0.25) is 4.90 Å². The van der Waals surface area contributed by atoms with Crippen molar-refractivity contribution in [2.75, 3.05) is 27.0 Å². The molecule has 0 radical (unpaired) electrons. The highest BCUT2D eigenvalue weighted by atomic mass is 32.2. The number of hydrogen-bond acceptors (Lipinski definition) is 4. The van der Waals surface area contributed by atoms with Crippen LogP contribution in [0.25, 0.3) is 0 Å². The summed E-state index contributed by atoms with van der Waals surface area (Å²) >= 11 is 1.72. The summed E-state index contributed by atoms with van der Waals surface area (Å²) in [5, 5.41) is 9.23. The van der Waals surface area contributed by atoms with Crippen molar-refractivity contribution in [1.29, 1.82) is 0 Å². The molecule has 0 heterocycles. The Morgan fingerprint density at radius 2 is 2.00 bits per heavy atom. The third kappa shape index (κ3) is 4.38. The Labute approximate surface area is 132 Å². The highest BCUT2D eigenvalue weighted by Crippen LogP contribution is 2.30. The van der Waals surface area contributed by atoms with Crippen molar-refractivity contribution in [2.45, 2.75) is 43.2 Å². The molecule has 0 saturated heterocycles. The zero-order chi connectivity index (χ0) is 15.2. The van der Waals surface area contributed by atoms with E-state index in [0.29, 0.717) is 18.6 Å². The lowest BCUT2D eigenvalue weighted by molar-refractivity contribution is 0.124. The first-order valence-corrected chi connectivity index (χ1v) is 8.92. The van der Waals surface area contributed by atoms with Crippen molar-refractivity contribution in [2.24, 2.45) is 5.92 Å². The van der Waals surface area contributed by atoms with E-state index in [1.165, 1.54) is 23.3 Å². The van der Waals surface area contributed by atoms with Gasteiger partial charge in [-0.2, -0.15) is 0 Å². The fraction of sp³-hybridized carbons (Fsp3) is 0.647. The molecule has 3 nitrogen and oxygen atoms in total. The summed E-state index contributed by atoms with van der Waals surface area (Å²) in [7, 11) is 3.94. The van der Waals surface area contributed by atoms with Crippen LogP contribution in [0.2, 0.25) is 0 Å². The van der Waals surface area contributed by atoms with E-state index in [1.807, 2.05) is 0 Å². The molecule has 0 aliphatic heterocycles. The van der Waals surface area contributed by atoms with Crippen LogP contribution >= 0.6 is 11.8 Å². The SMILES string of the molecule is COc1cc(CN(C)C2CCC(CO)CC2)ccc1SC. The van der Waals surface area contributed by atoms with Crippen LogP contribution in [0.5, 0.6) is 5.75 Å². The lowest BCUT2D eigenvalue weighted by atomic mass is 9.86. The van der Waals surface area contributed by atoms with Crippen molar-refractivity contribution in [3.8, 4) is 5.75 Å². The summed E-state index contributed by atoms with van der Waals surface area (Å²) in [6.07, 6.45) is 6.77. The summed E-state index contributed by atoms with van der Waals surface area (Å²) in [6, 6.07) is 7.14. The Bertz CT molecular complexity index is 444. The van der Waals surface area contributed by atoms with E-state index in [0.717, 1.165) is 25.1 Å². The summed E-state index contributed by atoms with van der Waals surface area (Å²) in [5.74, 6) is 1.49. The van der Waals surface area contributed by atoms with E-state index in [-0.39, 0.29) is 0 Å². The minimum atomic E-state index is 0.351. The van der Waals surface area contributed by atoms with Gasteiger partial charge in [0.05, 0.1) is 7.11 Å². The maximum atomic E-state index is 9.23. The van der Waals surface area contributed by atoms with Crippen molar-refractivity contribution in [3.63, 3.8) is 0 Å². The normalized spacial score (nSPS) is 22.5. The number of ether oxygens (including phenoxy) is 1. The van der Waals surface area contributed by atoms with Crippen LogP contribution in [0.4, 0.5) is 0 Å². The summed E-state index contributed by atoms with van der Waals surface area (Å²) in [6.45, 7) is 1.31. The van der Waals surface area contributed by atoms with Gasteiger partial charge in [0.2, 0.25) is 0 Å². The van der Waals surface area contributed by atoms with Gasteiger partial charge in [0.15, 0.2) is 0 Å². The molecule has 21 heavy (non-hydrogen) atoms. The Hall–Kier alpha value is -0.710. The topological polar surface area (TPSA) is 32.7 Å². The molecule has 0 unspecified atom stereocenters. The third-order valence-electron chi connectivity index (χ3n) is 4.58. The van der Waals surface area contributed by atoms with E-state index in [2.05, 4.69) is 36.4 Å². The quantitative estimate of drug-likeness (QED) is 0.816. The Kier molecular flexibility index (Phi) is 6.40. The highest BCUT2D eigenvalue weighted by Gasteiger charge is 2.23. The first-order valence-electron chi connectivity index (χ1n) is 7.70. The Morgan fingerprint density at radius 1 is 1.29 bits per heavy atom. The fourth-order valence-electron chi connectivity index (χ4n) is 3.16. The van der Waals surface area contributed by atoms with Gasteiger partial charge in [0, 0.05) is 24.1 Å². The Morgan fingerprint density at radius 3 is 2.57 bits per heavy atom. The van der Waals surface area contributed by atoms with Crippen LogP contribution in [0.15, 0.2) is 23.1 Å². The molecule has 0 amide bonds. The number of benzene rings is 1. The number of thioether (sulfide) groups is 1. The molecule has 2 rings (SSSR count). The molecule has 1 N–H and O–H groups in total. The molecule has 1 aromatic rings. The molecule has 1 saturated carbocycles. The number of aliphatic hydroxyl groups is 1. The molecule has 1 aromatic carbocycles. The average molecular weight is 309 g/mol. The van der Waals surface area contributed by atoms with Gasteiger partial charge in [-0.05, 0) is 62.6 Å². The van der Waals surface area contributed by atoms with Gasteiger partial charge in [0.25, 0.3) is 0 Å². The van der Waals surface area contributed by atoms with E-state index in [9.17, 15) is 5.11 Å². The zero-order valence-corrected chi connectivity index (χ0v) is 14.2. The number of nitrogens with zero attached hydrogens (tertiary/aromatic N) is 1. The van der Waals surface area contributed by atoms with E-state index in [1.54, 1.807) is 18.9 Å². The minimum absolute atomic E-state index is 0.351. The molecule has 0 spiro atoms. The van der Waals surface area contributed by atoms with Crippen LogP contribution in [-0.4, -0.2) is 43.1 Å². The molecule has 0 aromatic heterocycles. The number of rotatable bonds is 6. The van der Waals surface area contributed by atoms with Crippen LogP contribution in [-0.2, 0) is 6.54 Å².